The third-order valence-corrected chi connectivity index (χ3v) is 12.2. The summed E-state index contributed by atoms with van der Waals surface area (Å²) in [5.41, 5.74) is 21.9. The second kappa shape index (κ2) is 36.4. The van der Waals surface area contributed by atoms with E-state index in [1.165, 1.54) is 11.8 Å². The normalized spacial score (nSPS) is 15.5. The number of aliphatic hydroxyl groups excluding tert-OH is 2. The number of thioether (sulfide) groups is 1. The number of rotatable bonds is 39. The van der Waals surface area contributed by atoms with Crippen LogP contribution in [0.1, 0.15) is 120 Å². The van der Waals surface area contributed by atoms with Gasteiger partial charge in [-0.25, -0.2) is 0 Å². The topological polar surface area (TPSA) is 495 Å². The smallest absolute Gasteiger partial charge is 0.325 e. The molecule has 0 saturated carbocycles. The van der Waals surface area contributed by atoms with Crippen LogP contribution >= 0.6 is 11.8 Å². The van der Waals surface area contributed by atoms with E-state index in [1.807, 2.05) is 13.8 Å². The second-order valence-electron chi connectivity index (χ2n) is 20.2. The van der Waals surface area contributed by atoms with Crippen LogP contribution in [-0.2, 0) is 62.3 Å². The molecule has 0 fully saturated rings. The van der Waals surface area contributed by atoms with Crippen LogP contribution < -0.4 is 70.8 Å². The molecule has 0 aliphatic heterocycles. The van der Waals surface area contributed by atoms with Crippen molar-refractivity contribution in [1.82, 2.24) is 47.9 Å². The number of amides is 12. The van der Waals surface area contributed by atoms with Gasteiger partial charge in [0.05, 0.1) is 18.8 Å². The number of nitrogens with two attached hydrogens (primary N) is 4. The van der Waals surface area contributed by atoms with Crippen molar-refractivity contribution < 1.29 is 77.6 Å². The highest BCUT2D eigenvalue weighted by molar-refractivity contribution is 7.98. The number of carboxylic acid groups (broad SMARTS) is 1. The van der Waals surface area contributed by atoms with Gasteiger partial charge in [-0.05, 0) is 88.6 Å². The summed E-state index contributed by atoms with van der Waals surface area (Å²) in [4.78, 5) is 169. The van der Waals surface area contributed by atoms with Gasteiger partial charge in [-0.3, -0.25) is 62.3 Å². The van der Waals surface area contributed by atoms with Crippen LogP contribution in [0.25, 0.3) is 0 Å². The summed E-state index contributed by atoms with van der Waals surface area (Å²) in [5, 5.41) is 51.5. The molecule has 78 heavy (non-hydrogen) atoms. The molecule has 444 valence electrons. The zero-order valence-electron chi connectivity index (χ0n) is 45.9. The van der Waals surface area contributed by atoms with Crippen molar-refractivity contribution in [2.75, 3.05) is 18.6 Å². The van der Waals surface area contributed by atoms with E-state index in [9.17, 15) is 77.6 Å². The molecule has 12 amide bonds. The molecule has 0 aromatic rings. The number of carbonyl (C=O) groups excluding carboxylic acids is 12. The van der Waals surface area contributed by atoms with Crippen molar-refractivity contribution in [3.8, 4) is 0 Å². The summed E-state index contributed by atoms with van der Waals surface area (Å²) in [6, 6.07) is -14.8. The first-order valence-corrected chi connectivity index (χ1v) is 27.0. The number of hydrogen-bond donors (Lipinski definition) is 16. The quantitative estimate of drug-likeness (QED) is 0.0274. The van der Waals surface area contributed by atoms with Crippen LogP contribution in [0.15, 0.2) is 0 Å². The standard InChI is InChI=1S/C48H85N13O16S/c1-22(2)18-27(49)39(67)54-29(11-14-36(51)65)41(69)58-33(20-24(5)6)45(73)59-32(19-23(3)4)44(72)56-31(16-17-78-9)43(71)55-30(12-15-37(52)66)42(70)60-34(21-62)46(74)61-38(26(8)63)47(75)57-28(10-13-35(50)64)40(68)53-25(7)48(76)77/h22-34,38,62-63H,10-21,49H2,1-9H3,(H2,50,64)(H2,51,65)(H2,52,66)(H,53,68)(H,54,67)(H,55,71)(H,56,72)(H,57,75)(H,58,69)(H,59,73)(H,60,70)(H,61,74)(H,76,77)/t25-,26+,27-,28-,29-,30-,31-,32-,33-,34-,38-/m0/s1. The zero-order chi connectivity index (χ0) is 60.1. The molecule has 0 bridgehead atoms. The summed E-state index contributed by atoms with van der Waals surface area (Å²) in [5.74, 6) is -12.9. The van der Waals surface area contributed by atoms with Crippen molar-refractivity contribution in [3.05, 3.63) is 0 Å². The van der Waals surface area contributed by atoms with Crippen LogP contribution in [0.2, 0.25) is 0 Å². The first-order valence-electron chi connectivity index (χ1n) is 25.6. The fourth-order valence-electron chi connectivity index (χ4n) is 7.32. The fraction of sp³-hybridized carbons (Fsp3) is 0.729. The Hall–Kier alpha value is -6.66. The Morgan fingerprint density at radius 1 is 0.423 bits per heavy atom. The van der Waals surface area contributed by atoms with Crippen molar-refractivity contribution in [3.63, 3.8) is 0 Å². The molecule has 0 aliphatic carbocycles. The number of carboxylic acids is 1. The van der Waals surface area contributed by atoms with Gasteiger partial charge < -0.3 is 86.1 Å². The summed E-state index contributed by atoms with van der Waals surface area (Å²) in [6.45, 7) is 11.8. The first-order chi connectivity index (χ1) is 36.2. The number of nitrogens with one attached hydrogen (secondary N) is 9. The summed E-state index contributed by atoms with van der Waals surface area (Å²) >= 11 is 1.29. The summed E-state index contributed by atoms with van der Waals surface area (Å²) in [6.07, 6.45) is -2.06. The predicted molar refractivity (Wildman–Crippen MR) is 284 cm³/mol. The van der Waals surface area contributed by atoms with Gasteiger partial charge in [0, 0.05) is 19.3 Å². The highest BCUT2D eigenvalue weighted by atomic mass is 32.2. The Labute approximate surface area is 458 Å². The maximum Gasteiger partial charge on any atom is 0.325 e. The highest BCUT2D eigenvalue weighted by Crippen LogP contribution is 2.13. The van der Waals surface area contributed by atoms with E-state index in [4.69, 9.17) is 22.9 Å². The summed E-state index contributed by atoms with van der Waals surface area (Å²) in [7, 11) is 0. The van der Waals surface area contributed by atoms with Crippen molar-refractivity contribution >= 4 is 88.6 Å². The molecule has 20 N–H and O–H groups in total. The van der Waals surface area contributed by atoms with Gasteiger partial charge in [-0.15, -0.1) is 0 Å². The minimum atomic E-state index is -1.91. The van der Waals surface area contributed by atoms with E-state index < -0.39 is 176 Å². The molecule has 0 rings (SSSR count). The van der Waals surface area contributed by atoms with Gasteiger partial charge in [0.2, 0.25) is 70.9 Å². The lowest BCUT2D eigenvalue weighted by Crippen LogP contribution is -2.62. The average molecular weight is 1130 g/mol. The fourth-order valence-corrected chi connectivity index (χ4v) is 7.79. The molecular formula is C48H85N13O16S. The van der Waals surface area contributed by atoms with Crippen LogP contribution in [-0.4, -0.2) is 177 Å². The van der Waals surface area contributed by atoms with Gasteiger partial charge in [0.1, 0.15) is 54.4 Å². The summed E-state index contributed by atoms with van der Waals surface area (Å²) < 4.78 is 0. The maximum absolute atomic E-state index is 14.2. The van der Waals surface area contributed by atoms with E-state index in [2.05, 4.69) is 47.9 Å². The van der Waals surface area contributed by atoms with Crippen LogP contribution in [0.4, 0.5) is 0 Å². The predicted octanol–water partition coefficient (Wildman–Crippen LogP) is -5.16. The second-order valence-corrected chi connectivity index (χ2v) is 21.2. The Morgan fingerprint density at radius 2 is 0.731 bits per heavy atom. The van der Waals surface area contributed by atoms with Crippen molar-refractivity contribution in [1.29, 1.82) is 0 Å². The molecule has 0 aromatic heterocycles. The van der Waals surface area contributed by atoms with Gasteiger partial charge in [-0.1, -0.05) is 41.5 Å². The first kappa shape index (κ1) is 71.3. The van der Waals surface area contributed by atoms with Crippen molar-refractivity contribution in [2.45, 2.75) is 186 Å². The van der Waals surface area contributed by atoms with Gasteiger partial charge in [0.15, 0.2) is 0 Å². The molecule has 29 nitrogen and oxygen atoms in total. The highest BCUT2D eigenvalue weighted by Gasteiger charge is 2.37. The van der Waals surface area contributed by atoms with Crippen LogP contribution in [0, 0.1) is 17.8 Å². The van der Waals surface area contributed by atoms with E-state index in [-0.39, 0.29) is 55.6 Å². The van der Waals surface area contributed by atoms with E-state index in [1.54, 1.807) is 34.0 Å². The Bertz CT molecular complexity index is 2080. The van der Waals surface area contributed by atoms with E-state index in [0.29, 0.717) is 6.42 Å². The van der Waals surface area contributed by atoms with Gasteiger partial charge in [-0.2, -0.15) is 11.8 Å². The molecule has 0 saturated heterocycles. The molecule has 0 unspecified atom stereocenters. The molecule has 0 aliphatic rings. The number of aliphatic carboxylic acids is 1. The average Bonchev–Trinajstić information content (AvgIpc) is 3.32. The molecular weight excluding hydrogens is 1050 g/mol. The third-order valence-electron chi connectivity index (χ3n) is 11.5. The molecule has 30 heteroatoms. The number of hydrogen-bond acceptors (Lipinski definition) is 17. The Balaban J connectivity index is 6.66. The van der Waals surface area contributed by atoms with E-state index >= 15 is 0 Å². The third kappa shape index (κ3) is 28.6. The number of aliphatic hydroxyl groups is 2. The molecule has 11 atom stereocenters. The lowest BCUT2D eigenvalue weighted by Gasteiger charge is -2.29. The Morgan fingerprint density at radius 3 is 1.06 bits per heavy atom. The van der Waals surface area contributed by atoms with Gasteiger partial charge in [0.25, 0.3) is 0 Å². The number of carbonyl (C=O) groups is 13. The molecule has 0 spiro atoms. The van der Waals surface area contributed by atoms with Gasteiger partial charge >= 0.3 is 5.97 Å². The lowest BCUT2D eigenvalue weighted by molar-refractivity contribution is -0.142. The molecule has 0 aromatic carbocycles. The van der Waals surface area contributed by atoms with Crippen LogP contribution in [0.3, 0.4) is 0 Å². The Kier molecular flexibility index (Phi) is 33.3. The minimum Gasteiger partial charge on any atom is -0.480 e. The zero-order valence-corrected chi connectivity index (χ0v) is 46.8. The van der Waals surface area contributed by atoms with Crippen LogP contribution in [0.5, 0.6) is 0 Å². The van der Waals surface area contributed by atoms with E-state index in [0.717, 1.165) is 13.8 Å². The minimum absolute atomic E-state index is 0.0188. The monoisotopic (exact) mass is 1130 g/mol. The molecule has 0 radical (unpaired) electrons. The maximum atomic E-state index is 14.2. The van der Waals surface area contributed by atoms with Crippen molar-refractivity contribution in [2.24, 2.45) is 40.7 Å². The lowest BCUT2D eigenvalue weighted by atomic mass is 9.99. The SMILES string of the molecule is CSCC[C@H](NC(=O)[C@H](CC(C)C)NC(=O)[C@H](CC(C)C)NC(=O)[C@H](CCC(N)=O)NC(=O)[C@@H](N)CC(C)C)C(=O)N[C@@H](CCC(N)=O)C(=O)N[C@@H](CO)C(=O)N[C@H](C(=O)N[C@@H](CCC(N)=O)C(=O)N[C@@H](C)C(=O)O)[C@@H](C)O. The largest absolute Gasteiger partial charge is 0.480 e. The molecule has 0 heterocycles. The number of primary amides is 3.